The standard InChI is InChI=1S/C20H36N6O.2ClH/c1-2-3-4-5-6-7-8-9-10-11-14-27-18-13-12-16(25-19(21)22)15-17(18)26-20(23)24;;/h12-13,15H,2-11,14H2,1H3,(H4,21,22,25)(H4,23,24,26);2*1H. The average molecular weight is 449 g/mol. The fourth-order valence-corrected chi connectivity index (χ4v) is 2.84. The lowest BCUT2D eigenvalue weighted by molar-refractivity contribution is -0.001000. The summed E-state index contributed by atoms with van der Waals surface area (Å²) in [6.07, 6.45) is 12.9. The number of benzene rings is 1. The van der Waals surface area contributed by atoms with Crippen molar-refractivity contribution >= 4 is 23.3 Å². The molecule has 0 bridgehead atoms. The smallest absolute Gasteiger partial charge is 1.00 e. The third kappa shape index (κ3) is 14.7. The number of hydrogen-bond donors (Lipinski definition) is 4. The fraction of sp³-hybridized carbons (Fsp3) is 0.600. The maximum atomic E-state index is 5.84. The van der Waals surface area contributed by atoms with Gasteiger partial charge in [0.1, 0.15) is 11.4 Å². The summed E-state index contributed by atoms with van der Waals surface area (Å²) >= 11 is 0. The summed E-state index contributed by atoms with van der Waals surface area (Å²) in [5.74, 6) is 0.555. The molecule has 0 aromatic heterocycles. The zero-order valence-electron chi connectivity index (χ0n) is 19.4. The molecule has 8 N–H and O–H groups in total. The van der Waals surface area contributed by atoms with E-state index in [9.17, 15) is 0 Å². The summed E-state index contributed by atoms with van der Waals surface area (Å²) in [5.41, 5.74) is 22.9. The highest BCUT2D eigenvalue weighted by molar-refractivity contribution is 5.82. The Morgan fingerprint density at radius 2 is 1.31 bits per heavy atom. The van der Waals surface area contributed by atoms with Crippen LogP contribution in [0, 0.1) is 0 Å². The van der Waals surface area contributed by atoms with Gasteiger partial charge in [-0.25, -0.2) is 9.98 Å². The Morgan fingerprint density at radius 3 is 1.83 bits per heavy atom. The molecule has 0 fully saturated rings. The van der Waals surface area contributed by atoms with Crippen molar-refractivity contribution in [2.75, 3.05) is 6.61 Å². The highest BCUT2D eigenvalue weighted by Gasteiger charge is 2.05. The Morgan fingerprint density at radius 1 is 0.793 bits per heavy atom. The number of nitrogens with two attached hydrogens (primary N) is 4. The lowest BCUT2D eigenvalue weighted by Crippen LogP contribution is -3.00. The minimum absolute atomic E-state index is 0. The summed E-state index contributed by atoms with van der Waals surface area (Å²) in [6, 6.07) is 5.23. The second-order valence-electron chi connectivity index (χ2n) is 6.76. The van der Waals surface area contributed by atoms with Gasteiger partial charge in [-0.15, -0.1) is 0 Å². The highest BCUT2D eigenvalue weighted by Crippen LogP contribution is 2.32. The van der Waals surface area contributed by atoms with Crippen LogP contribution in [0.3, 0.4) is 0 Å². The van der Waals surface area contributed by atoms with Crippen molar-refractivity contribution in [3.8, 4) is 5.75 Å². The van der Waals surface area contributed by atoms with Crippen LogP contribution in [0.2, 0.25) is 0 Å². The Kier molecular flexibility index (Phi) is 18.4. The van der Waals surface area contributed by atoms with Gasteiger partial charge in [0.15, 0.2) is 11.9 Å². The molecule has 0 saturated carbocycles. The van der Waals surface area contributed by atoms with E-state index in [0.29, 0.717) is 23.7 Å². The van der Waals surface area contributed by atoms with Crippen LogP contribution in [0.1, 0.15) is 74.0 Å². The number of hydrogen-bond acceptors (Lipinski definition) is 3. The number of guanidine groups is 2. The van der Waals surface area contributed by atoms with Crippen molar-refractivity contribution in [3.05, 3.63) is 18.2 Å². The third-order valence-corrected chi connectivity index (χ3v) is 4.21. The van der Waals surface area contributed by atoms with Crippen LogP contribution >= 0.6 is 0 Å². The maximum Gasteiger partial charge on any atom is 1.00 e. The van der Waals surface area contributed by atoms with Crippen molar-refractivity contribution in [2.24, 2.45) is 32.9 Å². The lowest BCUT2D eigenvalue weighted by Gasteiger charge is -2.10. The SMILES string of the molecule is CCCCCCCCCCCCOc1ccc(N=C(N)N)cc1N=C(N)N.[Cl-].[Cl-].[H+].[H+]. The van der Waals surface area contributed by atoms with Crippen LogP contribution in [0.4, 0.5) is 11.4 Å². The van der Waals surface area contributed by atoms with Crippen LogP contribution < -0.4 is 52.5 Å². The van der Waals surface area contributed by atoms with Crippen molar-refractivity contribution < 1.29 is 32.4 Å². The molecule has 1 rings (SSSR count). The zero-order chi connectivity index (χ0) is 19.9. The molecular weight excluding hydrogens is 411 g/mol. The molecule has 168 valence electrons. The number of nitrogens with zero attached hydrogens (tertiary/aromatic N) is 2. The van der Waals surface area contributed by atoms with Gasteiger partial charge in [-0.2, -0.15) is 0 Å². The van der Waals surface area contributed by atoms with E-state index in [-0.39, 0.29) is 39.6 Å². The van der Waals surface area contributed by atoms with Crippen LogP contribution in [-0.2, 0) is 0 Å². The van der Waals surface area contributed by atoms with Gasteiger partial charge in [-0.05, 0) is 24.6 Å². The maximum absolute atomic E-state index is 5.84. The van der Waals surface area contributed by atoms with Crippen LogP contribution in [0.25, 0.3) is 0 Å². The molecule has 1 aromatic carbocycles. The van der Waals surface area contributed by atoms with E-state index in [4.69, 9.17) is 27.7 Å². The number of aliphatic imine (C=N–C) groups is 2. The van der Waals surface area contributed by atoms with Gasteiger partial charge in [0.2, 0.25) is 0 Å². The van der Waals surface area contributed by atoms with Gasteiger partial charge in [0.25, 0.3) is 0 Å². The Bertz CT molecular complexity index is 613. The summed E-state index contributed by atoms with van der Waals surface area (Å²) in [4.78, 5) is 8.09. The predicted octanol–water partition coefficient (Wildman–Crippen LogP) is -1.97. The van der Waals surface area contributed by atoms with Crippen molar-refractivity contribution in [1.82, 2.24) is 0 Å². The number of rotatable bonds is 14. The minimum atomic E-state index is -0.0411. The van der Waals surface area contributed by atoms with Crippen LogP contribution in [-0.4, -0.2) is 18.5 Å². The largest absolute Gasteiger partial charge is 1.00 e. The van der Waals surface area contributed by atoms with E-state index in [1.807, 2.05) is 0 Å². The van der Waals surface area contributed by atoms with Crippen LogP contribution in [0.5, 0.6) is 5.75 Å². The number of halogens is 2. The molecular formula is C20H38Cl2N6O. The normalized spacial score (nSPS) is 9.69. The molecule has 0 amide bonds. The summed E-state index contributed by atoms with van der Waals surface area (Å²) in [5, 5.41) is 0. The Hall–Kier alpha value is -1.86. The summed E-state index contributed by atoms with van der Waals surface area (Å²) in [6.45, 7) is 2.88. The fourth-order valence-electron chi connectivity index (χ4n) is 2.84. The number of ether oxygens (including phenoxy) is 1. The first kappa shape index (κ1) is 29.3. The van der Waals surface area contributed by atoms with Gasteiger partial charge in [-0.1, -0.05) is 64.7 Å². The van der Waals surface area contributed by atoms with E-state index < -0.39 is 0 Å². The molecule has 0 atom stereocenters. The van der Waals surface area contributed by atoms with E-state index in [2.05, 4.69) is 16.9 Å². The molecule has 29 heavy (non-hydrogen) atoms. The van der Waals surface area contributed by atoms with Crippen molar-refractivity contribution in [1.29, 1.82) is 0 Å². The minimum Gasteiger partial charge on any atom is -1.00 e. The first-order chi connectivity index (χ1) is 13.0. The topological polar surface area (TPSA) is 138 Å². The first-order valence-corrected chi connectivity index (χ1v) is 9.99. The monoisotopic (exact) mass is 448 g/mol. The molecule has 1 aromatic rings. The van der Waals surface area contributed by atoms with E-state index in [0.717, 1.165) is 6.42 Å². The van der Waals surface area contributed by atoms with Crippen molar-refractivity contribution in [3.63, 3.8) is 0 Å². The van der Waals surface area contributed by atoms with Gasteiger partial charge in [0.05, 0.1) is 12.3 Å². The van der Waals surface area contributed by atoms with E-state index >= 15 is 0 Å². The zero-order valence-corrected chi connectivity index (χ0v) is 18.9. The van der Waals surface area contributed by atoms with E-state index in [1.165, 1.54) is 57.8 Å². The molecule has 0 aliphatic heterocycles. The highest BCUT2D eigenvalue weighted by atomic mass is 35.5. The van der Waals surface area contributed by atoms with Gasteiger partial charge < -0.3 is 52.5 Å². The molecule has 0 unspecified atom stereocenters. The lowest BCUT2D eigenvalue weighted by atomic mass is 10.1. The molecule has 0 radical (unpaired) electrons. The Labute approximate surface area is 190 Å². The predicted molar refractivity (Wildman–Crippen MR) is 117 cm³/mol. The molecule has 7 nitrogen and oxygen atoms in total. The molecule has 0 saturated heterocycles. The average Bonchev–Trinajstić information content (AvgIpc) is 2.60. The summed E-state index contributed by atoms with van der Waals surface area (Å²) < 4.78 is 5.84. The molecule has 0 aliphatic rings. The Balaban J connectivity index is -0.000000911. The molecule has 0 aliphatic carbocycles. The molecule has 0 spiro atoms. The van der Waals surface area contributed by atoms with Gasteiger partial charge in [-0.3, -0.25) is 0 Å². The van der Waals surface area contributed by atoms with Crippen molar-refractivity contribution in [2.45, 2.75) is 71.1 Å². The molecule has 9 heteroatoms. The quantitative estimate of drug-likeness (QED) is 0.148. The third-order valence-electron chi connectivity index (χ3n) is 4.21. The molecule has 0 heterocycles. The number of unbranched alkanes of at least 4 members (excludes halogenated alkanes) is 9. The summed E-state index contributed by atoms with van der Waals surface area (Å²) in [7, 11) is 0. The van der Waals surface area contributed by atoms with E-state index in [1.54, 1.807) is 18.2 Å². The van der Waals surface area contributed by atoms with Gasteiger partial charge >= 0.3 is 2.85 Å². The van der Waals surface area contributed by atoms with Gasteiger partial charge in [0, 0.05) is 0 Å². The first-order valence-electron chi connectivity index (χ1n) is 9.99. The second kappa shape index (κ2) is 18.2. The van der Waals surface area contributed by atoms with Crippen LogP contribution in [0.15, 0.2) is 28.2 Å². The second-order valence-corrected chi connectivity index (χ2v) is 6.76.